The van der Waals surface area contributed by atoms with Crippen molar-refractivity contribution in [3.05, 3.63) is 128 Å². The smallest absolute Gasteiger partial charge is 0.273 e. The fraction of sp³-hybridized carbons (Fsp3) is 0.278. The standard InChI is InChI=1S/C36H39BrN4O7S/c1-5-26(3)38-36(43)34(21-27-9-7-6-8-10-27)39(23-28-12-14-29(37)15-13-28)35(42)24-40(30-16-18-31(48-4)19-17-30)49(46,47)32-20-11-25(2)33(22-32)41(44)45/h6-20,22,26,34H,5,21,23-24H2,1-4H3,(H,38,43)/t26-,34+/m0/s1. The summed E-state index contributed by atoms with van der Waals surface area (Å²) < 4.78 is 35.6. The van der Waals surface area contributed by atoms with Crippen LogP contribution in [0.25, 0.3) is 0 Å². The molecule has 258 valence electrons. The molecule has 0 aliphatic rings. The summed E-state index contributed by atoms with van der Waals surface area (Å²) in [6, 6.07) is 25.1. The summed E-state index contributed by atoms with van der Waals surface area (Å²) in [6.07, 6.45) is 0.835. The molecule has 2 amide bonds. The van der Waals surface area contributed by atoms with E-state index >= 15 is 0 Å². The van der Waals surface area contributed by atoms with Crippen molar-refractivity contribution < 1.29 is 27.7 Å². The van der Waals surface area contributed by atoms with Crippen LogP contribution in [0.1, 0.15) is 37.0 Å². The summed E-state index contributed by atoms with van der Waals surface area (Å²) in [7, 11) is -3.08. The van der Waals surface area contributed by atoms with Crippen molar-refractivity contribution in [2.24, 2.45) is 0 Å². The molecule has 0 aromatic heterocycles. The quantitative estimate of drug-likeness (QED) is 0.109. The van der Waals surface area contributed by atoms with Crippen LogP contribution in [0.2, 0.25) is 0 Å². The van der Waals surface area contributed by atoms with Gasteiger partial charge in [-0.1, -0.05) is 71.4 Å². The van der Waals surface area contributed by atoms with E-state index in [9.17, 15) is 28.1 Å². The van der Waals surface area contributed by atoms with E-state index in [1.165, 1.54) is 43.2 Å². The van der Waals surface area contributed by atoms with Crippen molar-refractivity contribution in [1.29, 1.82) is 0 Å². The second kappa shape index (κ2) is 16.6. The first-order chi connectivity index (χ1) is 23.3. The number of hydrogen-bond acceptors (Lipinski definition) is 7. The third-order valence-electron chi connectivity index (χ3n) is 8.14. The van der Waals surface area contributed by atoms with Crippen LogP contribution in [0.5, 0.6) is 5.75 Å². The number of aryl methyl sites for hydroxylation is 1. The van der Waals surface area contributed by atoms with Crippen LogP contribution < -0.4 is 14.4 Å². The minimum absolute atomic E-state index is 0.00401. The van der Waals surface area contributed by atoms with E-state index < -0.39 is 33.4 Å². The molecule has 4 aromatic carbocycles. The number of nitro groups is 1. The Balaban J connectivity index is 1.84. The highest BCUT2D eigenvalue weighted by atomic mass is 79.9. The normalized spacial score (nSPS) is 12.4. The van der Waals surface area contributed by atoms with Gasteiger partial charge in [-0.2, -0.15) is 0 Å². The van der Waals surface area contributed by atoms with Gasteiger partial charge in [0.15, 0.2) is 0 Å². The van der Waals surface area contributed by atoms with Crippen molar-refractivity contribution in [2.45, 2.75) is 57.1 Å². The van der Waals surface area contributed by atoms with Crippen molar-refractivity contribution in [3.63, 3.8) is 0 Å². The number of methoxy groups -OCH3 is 1. The van der Waals surface area contributed by atoms with Crippen LogP contribution in [-0.2, 0) is 32.6 Å². The Kier molecular flexibility index (Phi) is 12.5. The third kappa shape index (κ3) is 9.45. The number of benzene rings is 4. The SMILES string of the molecule is CC[C@H](C)NC(=O)[C@@H](Cc1ccccc1)N(Cc1ccc(Br)cc1)C(=O)CN(c1ccc(OC)cc1)S(=O)(=O)c1ccc(C)c([N+](=O)[O-])c1. The first kappa shape index (κ1) is 37.1. The number of carbonyl (C=O) groups excluding carboxylic acids is 2. The number of nitrogens with zero attached hydrogens (tertiary/aromatic N) is 3. The fourth-order valence-electron chi connectivity index (χ4n) is 5.13. The van der Waals surface area contributed by atoms with E-state index in [0.29, 0.717) is 12.2 Å². The van der Waals surface area contributed by atoms with Gasteiger partial charge in [0.1, 0.15) is 18.3 Å². The molecular formula is C36H39BrN4O7S. The van der Waals surface area contributed by atoms with E-state index in [-0.39, 0.29) is 46.7 Å². The molecule has 4 aromatic rings. The zero-order valence-electron chi connectivity index (χ0n) is 27.7. The maximum Gasteiger partial charge on any atom is 0.273 e. The van der Waals surface area contributed by atoms with E-state index in [1.54, 1.807) is 12.1 Å². The summed E-state index contributed by atoms with van der Waals surface area (Å²) in [5.41, 5.74) is 1.58. The summed E-state index contributed by atoms with van der Waals surface area (Å²) in [5, 5.41) is 14.7. The minimum Gasteiger partial charge on any atom is -0.497 e. The molecule has 0 heterocycles. The minimum atomic E-state index is -4.55. The molecule has 0 fully saturated rings. The van der Waals surface area contributed by atoms with Crippen molar-refractivity contribution >= 4 is 49.1 Å². The number of sulfonamides is 1. The molecule has 49 heavy (non-hydrogen) atoms. The molecule has 0 bridgehead atoms. The zero-order valence-corrected chi connectivity index (χ0v) is 30.1. The van der Waals surface area contributed by atoms with Gasteiger partial charge in [-0.15, -0.1) is 0 Å². The number of nitro benzene ring substituents is 1. The van der Waals surface area contributed by atoms with Gasteiger partial charge in [0.2, 0.25) is 11.8 Å². The molecular weight excluding hydrogens is 712 g/mol. The summed E-state index contributed by atoms with van der Waals surface area (Å²) in [5.74, 6) is -0.569. The van der Waals surface area contributed by atoms with Crippen LogP contribution >= 0.6 is 15.9 Å². The Morgan fingerprint density at radius 3 is 2.20 bits per heavy atom. The van der Waals surface area contributed by atoms with Crippen LogP contribution in [0, 0.1) is 17.0 Å². The summed E-state index contributed by atoms with van der Waals surface area (Å²) in [4.78, 5) is 40.7. The van der Waals surface area contributed by atoms with E-state index in [4.69, 9.17) is 4.74 Å². The lowest BCUT2D eigenvalue weighted by Crippen LogP contribution is -2.54. The van der Waals surface area contributed by atoms with Gasteiger partial charge in [0.25, 0.3) is 15.7 Å². The predicted molar refractivity (Wildman–Crippen MR) is 192 cm³/mol. The second-order valence-electron chi connectivity index (χ2n) is 11.6. The van der Waals surface area contributed by atoms with Gasteiger partial charge >= 0.3 is 0 Å². The van der Waals surface area contributed by atoms with Gasteiger partial charge in [0.05, 0.1) is 22.6 Å². The zero-order chi connectivity index (χ0) is 35.7. The van der Waals surface area contributed by atoms with Crippen LogP contribution in [0.3, 0.4) is 0 Å². The fourth-order valence-corrected chi connectivity index (χ4v) is 6.83. The van der Waals surface area contributed by atoms with Gasteiger partial charge in [0, 0.05) is 35.1 Å². The lowest BCUT2D eigenvalue weighted by molar-refractivity contribution is -0.385. The molecule has 11 nitrogen and oxygen atoms in total. The number of hydrogen-bond donors (Lipinski definition) is 1. The molecule has 0 saturated heterocycles. The largest absolute Gasteiger partial charge is 0.497 e. The lowest BCUT2D eigenvalue weighted by atomic mass is 10.0. The molecule has 0 spiro atoms. The number of halogens is 1. The Morgan fingerprint density at radius 1 is 0.959 bits per heavy atom. The number of ether oxygens (including phenoxy) is 1. The third-order valence-corrected chi connectivity index (χ3v) is 10.4. The second-order valence-corrected chi connectivity index (χ2v) is 14.4. The number of rotatable bonds is 15. The molecule has 0 radical (unpaired) electrons. The van der Waals surface area contributed by atoms with E-state index in [0.717, 1.165) is 26.0 Å². The van der Waals surface area contributed by atoms with Crippen molar-refractivity contribution in [1.82, 2.24) is 10.2 Å². The summed E-state index contributed by atoms with van der Waals surface area (Å²) in [6.45, 7) is 4.63. The first-order valence-electron chi connectivity index (χ1n) is 15.6. The monoisotopic (exact) mass is 750 g/mol. The maximum atomic E-state index is 14.6. The van der Waals surface area contributed by atoms with Crippen LogP contribution in [-0.4, -0.2) is 55.8 Å². The van der Waals surface area contributed by atoms with E-state index in [1.807, 2.05) is 68.4 Å². The molecule has 0 aliphatic carbocycles. The lowest BCUT2D eigenvalue weighted by Gasteiger charge is -2.34. The Hall–Kier alpha value is -4.75. The van der Waals surface area contributed by atoms with Gasteiger partial charge < -0.3 is 15.0 Å². The van der Waals surface area contributed by atoms with Crippen LogP contribution in [0.15, 0.2) is 106 Å². The Morgan fingerprint density at radius 2 is 1.61 bits per heavy atom. The molecule has 0 saturated carbocycles. The molecule has 4 rings (SSSR count). The Labute approximate surface area is 295 Å². The topological polar surface area (TPSA) is 139 Å². The molecule has 13 heteroatoms. The average molecular weight is 752 g/mol. The number of anilines is 1. The maximum absolute atomic E-state index is 14.6. The Bertz CT molecular complexity index is 1870. The highest BCUT2D eigenvalue weighted by molar-refractivity contribution is 9.10. The predicted octanol–water partition coefficient (Wildman–Crippen LogP) is 6.42. The molecule has 0 aliphatic heterocycles. The number of nitrogens with one attached hydrogen (secondary N) is 1. The van der Waals surface area contributed by atoms with Crippen molar-refractivity contribution in [2.75, 3.05) is 18.0 Å². The van der Waals surface area contributed by atoms with Gasteiger partial charge in [-0.05, 0) is 73.9 Å². The van der Waals surface area contributed by atoms with Crippen LogP contribution in [0.4, 0.5) is 11.4 Å². The van der Waals surface area contributed by atoms with Gasteiger partial charge in [-0.25, -0.2) is 8.42 Å². The highest BCUT2D eigenvalue weighted by Gasteiger charge is 2.35. The number of amides is 2. The average Bonchev–Trinajstić information content (AvgIpc) is 3.09. The summed E-state index contributed by atoms with van der Waals surface area (Å²) >= 11 is 3.43. The van der Waals surface area contributed by atoms with Crippen molar-refractivity contribution in [3.8, 4) is 5.75 Å². The molecule has 1 N–H and O–H groups in total. The first-order valence-corrected chi connectivity index (χ1v) is 17.9. The molecule has 2 atom stereocenters. The number of carbonyl (C=O) groups is 2. The molecule has 0 unspecified atom stereocenters. The van der Waals surface area contributed by atoms with E-state index in [2.05, 4.69) is 21.2 Å². The van der Waals surface area contributed by atoms with Gasteiger partial charge in [-0.3, -0.25) is 24.0 Å². The highest BCUT2D eigenvalue weighted by Crippen LogP contribution is 2.30.